The second kappa shape index (κ2) is 11.6. The molecule has 4 rings (SSSR count). The molecular formula is C26H30N4O4S. The third kappa shape index (κ3) is 6.74. The lowest BCUT2D eigenvalue weighted by molar-refractivity contribution is -0.164. The molecule has 2 heterocycles. The molecule has 0 unspecified atom stereocenters. The number of aliphatic hydroxyl groups is 2. The van der Waals surface area contributed by atoms with E-state index >= 15 is 0 Å². The van der Waals surface area contributed by atoms with E-state index in [0.29, 0.717) is 11.2 Å². The Hall–Kier alpha value is -3.08. The summed E-state index contributed by atoms with van der Waals surface area (Å²) in [4.78, 5) is 18.2. The molecule has 0 aliphatic heterocycles. The Bertz CT molecular complexity index is 1300. The van der Waals surface area contributed by atoms with Crippen LogP contribution in [0.1, 0.15) is 28.8 Å². The van der Waals surface area contributed by atoms with Crippen molar-refractivity contribution >= 4 is 21.6 Å². The molecule has 0 aliphatic carbocycles. The van der Waals surface area contributed by atoms with Gasteiger partial charge >= 0.3 is 4.87 Å². The first-order chi connectivity index (χ1) is 16.9. The minimum atomic E-state index is -2.18. The number of aromatic hydroxyl groups is 1. The third-order valence-corrected chi connectivity index (χ3v) is 6.70. The average molecular weight is 495 g/mol. The fourth-order valence-electron chi connectivity index (χ4n) is 3.99. The zero-order chi connectivity index (χ0) is 24.7. The molecule has 0 radical (unpaired) electrons. The van der Waals surface area contributed by atoms with E-state index in [1.165, 1.54) is 17.7 Å². The first-order valence-corrected chi connectivity index (χ1v) is 12.4. The number of nitrogens with zero attached hydrogens (tertiary/aromatic N) is 1. The molecule has 0 bridgehead atoms. The molecule has 2 aromatic carbocycles. The minimum Gasteiger partial charge on any atom is -0.506 e. The van der Waals surface area contributed by atoms with E-state index in [2.05, 4.69) is 38.8 Å². The van der Waals surface area contributed by atoms with Crippen LogP contribution in [0.4, 0.5) is 0 Å². The number of nitrogens with one attached hydrogen (secondary N) is 3. The highest BCUT2D eigenvalue weighted by atomic mass is 32.1. The van der Waals surface area contributed by atoms with Crippen LogP contribution in [0.25, 0.3) is 10.2 Å². The largest absolute Gasteiger partial charge is 0.506 e. The number of thiazole rings is 1. The van der Waals surface area contributed by atoms with Crippen molar-refractivity contribution in [3.63, 3.8) is 0 Å². The molecule has 0 atom stereocenters. The Morgan fingerprint density at radius 3 is 2.66 bits per heavy atom. The maximum Gasteiger partial charge on any atom is 0.305 e. The summed E-state index contributed by atoms with van der Waals surface area (Å²) in [5, 5.41) is 37.7. The maximum atomic E-state index is 11.7. The standard InChI is InChI=1S/C26H30N4O4S/c31-22-10-9-21(24-23(22)30-25(32)35-24)26(33,34)17-28-14-11-18-5-3-6-19(15-18)16-27-12-4-8-20-7-1-2-13-29-20/h1-3,5-7,9-10,13,15,27-28,31,33-34H,4,8,11-12,14,16-17H2,(H,30,32). The molecule has 4 aromatic rings. The Labute approximate surface area is 207 Å². The summed E-state index contributed by atoms with van der Waals surface area (Å²) >= 11 is 0.838. The van der Waals surface area contributed by atoms with Gasteiger partial charge in [0.05, 0.1) is 11.2 Å². The minimum absolute atomic E-state index is 0.103. The van der Waals surface area contributed by atoms with Crippen LogP contribution >= 0.6 is 11.3 Å². The highest BCUT2D eigenvalue weighted by Gasteiger charge is 2.29. The van der Waals surface area contributed by atoms with Crippen LogP contribution in [-0.2, 0) is 25.2 Å². The monoisotopic (exact) mass is 494 g/mol. The van der Waals surface area contributed by atoms with E-state index in [1.54, 1.807) is 0 Å². The molecular weight excluding hydrogens is 464 g/mol. The zero-order valence-electron chi connectivity index (χ0n) is 19.3. The topological polar surface area (TPSA) is 130 Å². The molecule has 8 nitrogen and oxygen atoms in total. The molecule has 2 aromatic heterocycles. The molecule has 6 N–H and O–H groups in total. The van der Waals surface area contributed by atoms with Crippen molar-refractivity contribution in [2.45, 2.75) is 31.6 Å². The molecule has 9 heteroatoms. The number of rotatable bonds is 12. The number of pyridine rings is 1. The molecule has 0 amide bonds. The Morgan fingerprint density at radius 2 is 1.83 bits per heavy atom. The molecule has 0 saturated carbocycles. The predicted octanol–water partition coefficient (Wildman–Crippen LogP) is 2.38. The zero-order valence-corrected chi connectivity index (χ0v) is 20.1. The third-order valence-electron chi connectivity index (χ3n) is 5.78. The lowest BCUT2D eigenvalue weighted by atomic mass is 10.0. The van der Waals surface area contributed by atoms with Gasteiger partial charge in [-0.05, 0) is 67.7 Å². The fraction of sp³-hybridized carbons (Fsp3) is 0.308. The SMILES string of the molecule is O=c1[nH]c2c(O)ccc(C(O)(O)CNCCc3cccc(CNCCCc4ccccn4)c3)c2s1. The van der Waals surface area contributed by atoms with Crippen LogP contribution in [0.2, 0.25) is 0 Å². The molecule has 0 saturated heterocycles. The lowest BCUT2D eigenvalue weighted by Crippen LogP contribution is -2.38. The van der Waals surface area contributed by atoms with Gasteiger partial charge in [-0.2, -0.15) is 0 Å². The molecule has 0 spiro atoms. The van der Waals surface area contributed by atoms with Crippen molar-refractivity contribution in [2.75, 3.05) is 19.6 Å². The van der Waals surface area contributed by atoms with Crippen LogP contribution in [0.3, 0.4) is 0 Å². The van der Waals surface area contributed by atoms with Crippen molar-refractivity contribution in [3.05, 3.63) is 92.8 Å². The van der Waals surface area contributed by atoms with Crippen LogP contribution in [0.15, 0.2) is 65.6 Å². The van der Waals surface area contributed by atoms with Gasteiger partial charge in [-0.25, -0.2) is 0 Å². The molecule has 184 valence electrons. The number of aromatic amines is 1. The molecule has 0 aliphatic rings. The van der Waals surface area contributed by atoms with Gasteiger partial charge in [-0.3, -0.25) is 9.78 Å². The number of benzene rings is 2. The fourth-order valence-corrected chi connectivity index (χ4v) is 4.93. The van der Waals surface area contributed by atoms with E-state index in [4.69, 9.17) is 0 Å². The van der Waals surface area contributed by atoms with Gasteiger partial charge in [-0.15, -0.1) is 0 Å². The molecule has 0 fully saturated rings. The van der Waals surface area contributed by atoms with Gasteiger partial charge in [0.15, 0.2) is 0 Å². The number of aryl methyl sites for hydroxylation is 1. The molecule has 35 heavy (non-hydrogen) atoms. The number of phenols is 1. The van der Waals surface area contributed by atoms with Crippen molar-refractivity contribution in [1.82, 2.24) is 20.6 Å². The van der Waals surface area contributed by atoms with Gasteiger partial charge in [0.1, 0.15) is 11.3 Å². The second-order valence-corrected chi connectivity index (χ2v) is 9.50. The maximum absolute atomic E-state index is 11.7. The van der Waals surface area contributed by atoms with Crippen molar-refractivity contribution in [2.24, 2.45) is 0 Å². The normalized spacial score (nSPS) is 11.8. The summed E-state index contributed by atoms with van der Waals surface area (Å²) in [6.45, 7) is 2.14. The second-order valence-electron chi connectivity index (χ2n) is 8.52. The quantitative estimate of drug-likeness (QED) is 0.132. The van der Waals surface area contributed by atoms with Gasteiger partial charge in [-0.1, -0.05) is 41.7 Å². The first-order valence-electron chi connectivity index (χ1n) is 11.6. The van der Waals surface area contributed by atoms with Crippen molar-refractivity contribution < 1.29 is 15.3 Å². The number of hydrogen-bond acceptors (Lipinski definition) is 8. The van der Waals surface area contributed by atoms with Crippen LogP contribution in [0.5, 0.6) is 5.75 Å². The van der Waals surface area contributed by atoms with E-state index in [0.717, 1.165) is 54.9 Å². The Kier molecular flexibility index (Phi) is 8.27. The first kappa shape index (κ1) is 25.0. The summed E-state index contributed by atoms with van der Waals surface area (Å²) in [6, 6.07) is 17.1. The van der Waals surface area contributed by atoms with Crippen molar-refractivity contribution in [1.29, 1.82) is 0 Å². The highest BCUT2D eigenvalue weighted by molar-refractivity contribution is 7.16. The number of hydrogen-bond donors (Lipinski definition) is 6. The van der Waals surface area contributed by atoms with E-state index < -0.39 is 5.79 Å². The number of phenolic OH excluding ortho intramolecular Hbond substituents is 1. The van der Waals surface area contributed by atoms with E-state index in [1.807, 2.05) is 30.5 Å². The average Bonchev–Trinajstić information content (AvgIpc) is 3.25. The summed E-state index contributed by atoms with van der Waals surface area (Å²) in [5.41, 5.74) is 3.86. The summed E-state index contributed by atoms with van der Waals surface area (Å²) < 4.78 is 0.335. The smallest absolute Gasteiger partial charge is 0.305 e. The Morgan fingerprint density at radius 1 is 0.971 bits per heavy atom. The van der Waals surface area contributed by atoms with Gasteiger partial charge in [0, 0.05) is 24.0 Å². The van der Waals surface area contributed by atoms with Crippen LogP contribution in [-0.4, -0.2) is 44.9 Å². The van der Waals surface area contributed by atoms with E-state index in [-0.39, 0.29) is 28.2 Å². The van der Waals surface area contributed by atoms with E-state index in [9.17, 15) is 20.1 Å². The number of fused-ring (bicyclic) bond motifs is 1. The van der Waals surface area contributed by atoms with Crippen molar-refractivity contribution in [3.8, 4) is 5.75 Å². The highest BCUT2D eigenvalue weighted by Crippen LogP contribution is 2.32. The number of H-pyrrole nitrogens is 1. The predicted molar refractivity (Wildman–Crippen MR) is 138 cm³/mol. The lowest BCUT2D eigenvalue weighted by Gasteiger charge is -2.23. The van der Waals surface area contributed by atoms with Crippen LogP contribution < -0.4 is 15.5 Å². The summed E-state index contributed by atoms with van der Waals surface area (Å²) in [7, 11) is 0. The van der Waals surface area contributed by atoms with Gasteiger partial charge < -0.3 is 30.9 Å². The Balaban J connectivity index is 1.23. The summed E-state index contributed by atoms with van der Waals surface area (Å²) in [6.07, 6.45) is 4.53. The number of aromatic nitrogens is 2. The van der Waals surface area contributed by atoms with Gasteiger partial charge in [0.25, 0.3) is 0 Å². The summed E-state index contributed by atoms with van der Waals surface area (Å²) in [5.74, 6) is -2.29. The van der Waals surface area contributed by atoms with Crippen LogP contribution in [0, 0.1) is 0 Å². The van der Waals surface area contributed by atoms with Gasteiger partial charge in [0.2, 0.25) is 5.79 Å².